The first-order chi connectivity index (χ1) is 11.7. The van der Waals surface area contributed by atoms with Crippen LogP contribution < -0.4 is 5.32 Å². The smallest absolute Gasteiger partial charge is 0.193 e. The maximum absolute atomic E-state index is 5.53. The summed E-state index contributed by atoms with van der Waals surface area (Å²) in [6.07, 6.45) is 6.57. The Balaban J connectivity index is 0.00000576. The Hall–Kier alpha value is -0.340. The lowest BCUT2D eigenvalue weighted by Crippen LogP contribution is -2.53. The summed E-state index contributed by atoms with van der Waals surface area (Å²) >= 11 is 0. The van der Waals surface area contributed by atoms with Crippen molar-refractivity contribution in [3.05, 3.63) is 12.7 Å². The minimum absolute atomic E-state index is 0. The number of ether oxygens (including phenoxy) is 1. The topological polar surface area (TPSA) is 40.1 Å². The second-order valence-electron chi connectivity index (χ2n) is 6.57. The number of unbranched alkanes of at least 4 members (excludes halogenated alkanes) is 1. The number of halogens is 1. The molecule has 1 unspecified atom stereocenters. The van der Waals surface area contributed by atoms with Gasteiger partial charge in [-0.25, -0.2) is 0 Å². The Labute approximate surface area is 172 Å². The summed E-state index contributed by atoms with van der Waals surface area (Å²) in [4.78, 5) is 9.27. The lowest BCUT2D eigenvalue weighted by molar-refractivity contribution is 0.00261. The maximum Gasteiger partial charge on any atom is 0.193 e. The summed E-state index contributed by atoms with van der Waals surface area (Å²) in [7, 11) is 3.98. The van der Waals surface area contributed by atoms with Gasteiger partial charge in [-0.1, -0.05) is 32.8 Å². The monoisotopic (exact) mass is 466 g/mol. The fourth-order valence-electron chi connectivity index (χ4n) is 3.50. The zero-order valence-electron chi connectivity index (χ0n) is 16.7. The zero-order valence-corrected chi connectivity index (χ0v) is 19.0. The third-order valence-corrected chi connectivity index (χ3v) is 5.05. The molecular weight excluding hydrogens is 427 g/mol. The highest BCUT2D eigenvalue weighted by atomic mass is 127. The fourth-order valence-corrected chi connectivity index (χ4v) is 3.50. The molecule has 0 radical (unpaired) electrons. The van der Waals surface area contributed by atoms with Crippen LogP contribution in [0.3, 0.4) is 0 Å². The second kappa shape index (κ2) is 14.8. The van der Waals surface area contributed by atoms with Gasteiger partial charge in [0.2, 0.25) is 0 Å². The number of rotatable bonds is 10. The molecule has 5 nitrogen and oxygen atoms in total. The van der Waals surface area contributed by atoms with Crippen molar-refractivity contribution in [1.82, 2.24) is 15.1 Å². The Morgan fingerprint density at radius 3 is 2.48 bits per heavy atom. The van der Waals surface area contributed by atoms with Crippen LogP contribution in [0.15, 0.2) is 17.6 Å². The van der Waals surface area contributed by atoms with Crippen molar-refractivity contribution in [2.75, 3.05) is 53.5 Å². The van der Waals surface area contributed by atoms with Crippen LogP contribution in [0.2, 0.25) is 0 Å². The average molecular weight is 466 g/mol. The molecule has 1 aliphatic rings. The molecule has 0 aromatic heterocycles. The summed E-state index contributed by atoms with van der Waals surface area (Å²) in [6, 6.07) is 0.544. The minimum atomic E-state index is 0. The predicted octanol–water partition coefficient (Wildman–Crippen LogP) is 3.21. The van der Waals surface area contributed by atoms with Crippen LogP contribution in [0.1, 0.15) is 39.5 Å². The molecule has 1 atom stereocenters. The Bertz CT molecular complexity index is 368. The molecule has 1 fully saturated rings. The molecule has 1 saturated heterocycles. The van der Waals surface area contributed by atoms with Crippen molar-refractivity contribution in [1.29, 1.82) is 0 Å². The third-order valence-electron chi connectivity index (χ3n) is 5.05. The summed E-state index contributed by atoms with van der Waals surface area (Å²) < 4.78 is 5.53. The number of aliphatic imine (C=N–C) groups is 1. The van der Waals surface area contributed by atoms with Gasteiger partial charge in [-0.05, 0) is 18.8 Å². The van der Waals surface area contributed by atoms with E-state index >= 15 is 0 Å². The van der Waals surface area contributed by atoms with Gasteiger partial charge in [0.1, 0.15) is 0 Å². The summed E-state index contributed by atoms with van der Waals surface area (Å²) in [5, 5.41) is 3.61. The van der Waals surface area contributed by atoms with Gasteiger partial charge in [0.25, 0.3) is 0 Å². The van der Waals surface area contributed by atoms with E-state index < -0.39 is 0 Å². The van der Waals surface area contributed by atoms with Gasteiger partial charge in [-0.2, -0.15) is 0 Å². The number of nitrogens with one attached hydrogen (secondary N) is 1. The predicted molar refractivity (Wildman–Crippen MR) is 119 cm³/mol. The SMILES string of the molecule is C=CCCCN(C)C(=NC)NCC(C(CC)CC)N1CCOCC1.I. The van der Waals surface area contributed by atoms with Crippen molar-refractivity contribution < 1.29 is 4.74 Å². The second-order valence-corrected chi connectivity index (χ2v) is 6.57. The number of hydrogen-bond donors (Lipinski definition) is 1. The summed E-state index contributed by atoms with van der Waals surface area (Å²) in [5.41, 5.74) is 0. The van der Waals surface area contributed by atoms with Gasteiger partial charge in [-0.3, -0.25) is 9.89 Å². The quantitative estimate of drug-likeness (QED) is 0.177. The van der Waals surface area contributed by atoms with Gasteiger partial charge in [0.05, 0.1) is 13.2 Å². The summed E-state index contributed by atoms with van der Waals surface area (Å²) in [5.74, 6) is 1.70. The van der Waals surface area contributed by atoms with Crippen LogP contribution >= 0.6 is 24.0 Å². The minimum Gasteiger partial charge on any atom is -0.379 e. The molecule has 25 heavy (non-hydrogen) atoms. The van der Waals surface area contributed by atoms with E-state index in [1.165, 1.54) is 12.8 Å². The van der Waals surface area contributed by atoms with Gasteiger partial charge < -0.3 is 15.0 Å². The van der Waals surface area contributed by atoms with Crippen molar-refractivity contribution >= 4 is 29.9 Å². The number of hydrogen-bond acceptors (Lipinski definition) is 3. The molecule has 0 spiro atoms. The molecule has 1 N–H and O–H groups in total. The van der Waals surface area contributed by atoms with Gasteiger partial charge in [0.15, 0.2) is 5.96 Å². The molecule has 0 aliphatic carbocycles. The van der Waals surface area contributed by atoms with Gasteiger partial charge >= 0.3 is 0 Å². The van der Waals surface area contributed by atoms with E-state index in [9.17, 15) is 0 Å². The number of guanidine groups is 1. The number of nitrogens with zero attached hydrogens (tertiary/aromatic N) is 3. The first kappa shape index (κ1) is 24.7. The van der Waals surface area contributed by atoms with Crippen LogP contribution in [0.5, 0.6) is 0 Å². The standard InChI is InChI=1S/C19H38N4O.HI/c1-6-9-10-11-22(5)19(20-4)21-16-18(17(7-2)8-3)23-12-14-24-15-13-23;/h6,17-18H,1,7-16H2,2-5H3,(H,20,21);1H. The fraction of sp³-hybridized carbons (Fsp3) is 0.842. The molecule has 0 amide bonds. The molecule has 0 bridgehead atoms. The van der Waals surface area contributed by atoms with Gasteiger partial charge in [-0.15, -0.1) is 30.6 Å². The van der Waals surface area contributed by atoms with E-state index in [4.69, 9.17) is 4.74 Å². The molecule has 1 heterocycles. The molecule has 6 heteroatoms. The third kappa shape index (κ3) is 8.73. The van der Waals surface area contributed by atoms with Crippen molar-refractivity contribution in [2.45, 2.75) is 45.6 Å². The maximum atomic E-state index is 5.53. The lowest BCUT2D eigenvalue weighted by atomic mass is 9.92. The highest BCUT2D eigenvalue weighted by Crippen LogP contribution is 2.19. The Morgan fingerprint density at radius 2 is 1.96 bits per heavy atom. The molecular formula is C19H39IN4O. The molecule has 1 aliphatic heterocycles. The van der Waals surface area contributed by atoms with E-state index in [-0.39, 0.29) is 24.0 Å². The van der Waals surface area contributed by atoms with E-state index in [0.717, 1.165) is 58.2 Å². The van der Waals surface area contributed by atoms with Gasteiger partial charge in [0, 0.05) is 46.3 Å². The van der Waals surface area contributed by atoms with Crippen LogP contribution in [0.4, 0.5) is 0 Å². The first-order valence-corrected chi connectivity index (χ1v) is 9.52. The Kier molecular flexibility index (Phi) is 14.6. The van der Waals surface area contributed by atoms with E-state index in [1.807, 2.05) is 13.1 Å². The molecule has 0 aromatic rings. The largest absolute Gasteiger partial charge is 0.379 e. The number of morpholine rings is 1. The zero-order chi connectivity index (χ0) is 17.8. The number of allylic oxidation sites excluding steroid dienone is 1. The van der Waals surface area contributed by atoms with Crippen LogP contribution in [-0.4, -0.2) is 75.3 Å². The summed E-state index contributed by atoms with van der Waals surface area (Å²) in [6.45, 7) is 14.1. The highest BCUT2D eigenvalue weighted by Gasteiger charge is 2.27. The van der Waals surface area contributed by atoms with Crippen molar-refractivity contribution in [3.8, 4) is 0 Å². The van der Waals surface area contributed by atoms with E-state index in [1.54, 1.807) is 0 Å². The molecule has 0 saturated carbocycles. The van der Waals surface area contributed by atoms with Crippen LogP contribution in [0.25, 0.3) is 0 Å². The Morgan fingerprint density at radius 1 is 1.32 bits per heavy atom. The molecule has 1 rings (SSSR count). The van der Waals surface area contributed by atoms with Crippen molar-refractivity contribution in [2.24, 2.45) is 10.9 Å². The van der Waals surface area contributed by atoms with E-state index in [2.05, 4.69) is 47.6 Å². The van der Waals surface area contributed by atoms with E-state index in [0.29, 0.717) is 12.0 Å². The average Bonchev–Trinajstić information content (AvgIpc) is 2.62. The first-order valence-electron chi connectivity index (χ1n) is 9.52. The van der Waals surface area contributed by atoms with Crippen molar-refractivity contribution in [3.63, 3.8) is 0 Å². The molecule has 0 aromatic carbocycles. The highest BCUT2D eigenvalue weighted by molar-refractivity contribution is 14.0. The lowest BCUT2D eigenvalue weighted by Gasteiger charge is -2.39. The van der Waals surface area contributed by atoms with Crippen LogP contribution in [0, 0.1) is 5.92 Å². The molecule has 148 valence electrons. The normalized spacial score (nSPS) is 17.1. The van der Waals surface area contributed by atoms with Crippen LogP contribution in [-0.2, 0) is 4.74 Å².